The van der Waals surface area contributed by atoms with Gasteiger partial charge in [-0.25, -0.2) is 9.78 Å². The van der Waals surface area contributed by atoms with Crippen LogP contribution in [0.2, 0.25) is 0 Å². The first-order valence-electron chi connectivity index (χ1n) is 12.2. The molecule has 1 aromatic rings. The van der Waals surface area contributed by atoms with Crippen LogP contribution in [0, 0.1) is 0 Å². The summed E-state index contributed by atoms with van der Waals surface area (Å²) >= 11 is 0. The van der Waals surface area contributed by atoms with Crippen LogP contribution in [0.4, 0.5) is 0 Å². The highest BCUT2D eigenvalue weighted by Gasteiger charge is 2.38. The van der Waals surface area contributed by atoms with Crippen LogP contribution in [-0.4, -0.2) is 92.8 Å². The van der Waals surface area contributed by atoms with Gasteiger partial charge in [0.15, 0.2) is 5.96 Å². The molecule has 4 unspecified atom stereocenters. The summed E-state index contributed by atoms with van der Waals surface area (Å²) in [5.74, 6) is -3.96. The second-order valence-electron chi connectivity index (χ2n) is 8.99. The highest BCUT2D eigenvalue weighted by molar-refractivity contribution is 5.94. The standard InChI is InChI=1S/C22H36N10O6/c23-13(9-12-10-27-11-29-12)18(34)30-14(5-6-17(24)33)19(35)31-15(3-1-7-28-22(25)26)20(36)32-8-2-4-16(32)21(37)38/h10-11,13-16H,1-9,23H2,(H2,24,33)(H,27,29)(H,30,34)(H,31,35)(H,37,38)(H4,25,26,28). The zero-order valence-electron chi connectivity index (χ0n) is 21.0. The summed E-state index contributed by atoms with van der Waals surface area (Å²) in [7, 11) is 0. The van der Waals surface area contributed by atoms with Crippen molar-refractivity contribution in [2.45, 2.75) is 69.1 Å². The molecule has 1 fully saturated rings. The van der Waals surface area contributed by atoms with Crippen molar-refractivity contribution in [2.75, 3.05) is 13.1 Å². The zero-order chi connectivity index (χ0) is 28.2. The Morgan fingerprint density at radius 1 is 1.13 bits per heavy atom. The van der Waals surface area contributed by atoms with E-state index in [0.29, 0.717) is 25.0 Å². The van der Waals surface area contributed by atoms with Crippen molar-refractivity contribution in [3.8, 4) is 0 Å². The number of rotatable bonds is 15. The minimum absolute atomic E-state index is 0.0972. The highest BCUT2D eigenvalue weighted by atomic mass is 16.4. The van der Waals surface area contributed by atoms with Gasteiger partial charge in [0.2, 0.25) is 23.6 Å². The zero-order valence-corrected chi connectivity index (χ0v) is 21.0. The van der Waals surface area contributed by atoms with Gasteiger partial charge in [-0.15, -0.1) is 0 Å². The number of carboxylic acid groups (broad SMARTS) is 1. The molecule has 2 heterocycles. The lowest BCUT2D eigenvalue weighted by molar-refractivity contribution is -0.149. The number of primary amides is 1. The fourth-order valence-corrected chi connectivity index (χ4v) is 4.08. The normalized spacial score (nSPS) is 17.2. The number of nitrogens with one attached hydrogen (secondary N) is 3. The molecule has 0 saturated carbocycles. The number of guanidine groups is 1. The number of aliphatic imine (C=N–C) groups is 1. The van der Waals surface area contributed by atoms with Gasteiger partial charge in [0.05, 0.1) is 12.4 Å². The molecule has 4 amide bonds. The molecule has 0 bridgehead atoms. The summed E-state index contributed by atoms with van der Waals surface area (Å²) in [4.78, 5) is 74.0. The molecule has 4 atom stereocenters. The van der Waals surface area contributed by atoms with E-state index in [4.69, 9.17) is 22.9 Å². The molecule has 2 rings (SSSR count). The highest BCUT2D eigenvalue weighted by Crippen LogP contribution is 2.20. The van der Waals surface area contributed by atoms with Crippen LogP contribution in [0.15, 0.2) is 17.5 Å². The second-order valence-corrected chi connectivity index (χ2v) is 8.99. The van der Waals surface area contributed by atoms with Gasteiger partial charge in [0.1, 0.15) is 18.1 Å². The number of likely N-dealkylation sites (tertiary alicyclic amines) is 1. The topological polar surface area (TPSA) is 278 Å². The second kappa shape index (κ2) is 14.5. The number of aromatic nitrogens is 2. The Hall–Kier alpha value is -4.21. The third-order valence-electron chi connectivity index (χ3n) is 6.02. The lowest BCUT2D eigenvalue weighted by Crippen LogP contribution is -2.57. The van der Waals surface area contributed by atoms with E-state index in [2.05, 4.69) is 25.6 Å². The number of carboxylic acids is 1. The number of H-pyrrole nitrogens is 1. The maximum atomic E-state index is 13.3. The van der Waals surface area contributed by atoms with Crippen LogP contribution >= 0.6 is 0 Å². The average molecular weight is 537 g/mol. The summed E-state index contributed by atoms with van der Waals surface area (Å²) in [5.41, 5.74) is 22.5. The van der Waals surface area contributed by atoms with Crippen molar-refractivity contribution in [1.82, 2.24) is 25.5 Å². The van der Waals surface area contributed by atoms with E-state index in [1.165, 1.54) is 17.4 Å². The van der Waals surface area contributed by atoms with Crippen molar-refractivity contribution >= 4 is 35.6 Å². The van der Waals surface area contributed by atoms with E-state index >= 15 is 0 Å². The van der Waals surface area contributed by atoms with Gasteiger partial charge in [-0.05, 0) is 32.1 Å². The number of aromatic amines is 1. The van der Waals surface area contributed by atoms with Crippen molar-refractivity contribution in [1.29, 1.82) is 0 Å². The molecular weight excluding hydrogens is 500 g/mol. The van der Waals surface area contributed by atoms with Crippen molar-refractivity contribution in [3.05, 3.63) is 18.2 Å². The van der Waals surface area contributed by atoms with Crippen LogP contribution in [0.25, 0.3) is 0 Å². The quantitative estimate of drug-likeness (QED) is 0.0626. The molecule has 1 aromatic heterocycles. The predicted octanol–water partition coefficient (Wildman–Crippen LogP) is -3.36. The Labute approximate surface area is 219 Å². The molecule has 0 spiro atoms. The largest absolute Gasteiger partial charge is 0.480 e. The summed E-state index contributed by atoms with van der Waals surface area (Å²) < 4.78 is 0. The van der Waals surface area contributed by atoms with E-state index in [-0.39, 0.29) is 44.7 Å². The Balaban J connectivity index is 2.16. The monoisotopic (exact) mass is 536 g/mol. The Kier molecular flexibility index (Phi) is 11.5. The Bertz CT molecular complexity index is 1010. The fraction of sp³-hybridized carbons (Fsp3) is 0.591. The molecule has 0 aliphatic carbocycles. The Morgan fingerprint density at radius 3 is 2.45 bits per heavy atom. The lowest BCUT2D eigenvalue weighted by Gasteiger charge is -2.29. The van der Waals surface area contributed by atoms with Crippen LogP contribution in [0.1, 0.15) is 44.2 Å². The van der Waals surface area contributed by atoms with Crippen molar-refractivity contribution in [3.63, 3.8) is 0 Å². The number of nitrogens with zero attached hydrogens (tertiary/aromatic N) is 3. The summed E-state index contributed by atoms with van der Waals surface area (Å²) in [6.07, 6.45) is 3.89. The van der Waals surface area contributed by atoms with Gasteiger partial charge in [-0.1, -0.05) is 0 Å². The number of nitrogens with two attached hydrogens (primary N) is 4. The van der Waals surface area contributed by atoms with Crippen molar-refractivity contribution < 1.29 is 29.1 Å². The number of amides is 4. The summed E-state index contributed by atoms with van der Waals surface area (Å²) in [6.45, 7) is 0.398. The van der Waals surface area contributed by atoms with Gasteiger partial charge in [0, 0.05) is 37.8 Å². The molecule has 0 radical (unpaired) electrons. The van der Waals surface area contributed by atoms with Crippen molar-refractivity contribution in [2.24, 2.45) is 27.9 Å². The average Bonchev–Trinajstić information content (AvgIpc) is 3.55. The smallest absolute Gasteiger partial charge is 0.326 e. The Morgan fingerprint density at radius 2 is 1.84 bits per heavy atom. The molecule has 38 heavy (non-hydrogen) atoms. The molecule has 1 saturated heterocycles. The van der Waals surface area contributed by atoms with E-state index in [9.17, 15) is 29.1 Å². The predicted molar refractivity (Wildman–Crippen MR) is 135 cm³/mol. The summed E-state index contributed by atoms with van der Waals surface area (Å²) in [5, 5.41) is 14.6. The van der Waals surface area contributed by atoms with E-state index in [0.717, 1.165) is 0 Å². The van der Waals surface area contributed by atoms with E-state index in [1.807, 2.05) is 0 Å². The molecule has 1 aliphatic heterocycles. The molecule has 0 aromatic carbocycles. The van der Waals surface area contributed by atoms with Gasteiger partial charge >= 0.3 is 5.97 Å². The summed E-state index contributed by atoms with van der Waals surface area (Å²) in [6, 6.07) is -4.39. The third-order valence-corrected chi connectivity index (χ3v) is 6.02. The van der Waals surface area contributed by atoms with Crippen LogP contribution < -0.4 is 33.6 Å². The van der Waals surface area contributed by atoms with Gasteiger partial charge < -0.3 is 48.6 Å². The molecule has 16 nitrogen and oxygen atoms in total. The minimum Gasteiger partial charge on any atom is -0.480 e. The fourth-order valence-electron chi connectivity index (χ4n) is 4.08. The molecule has 1 aliphatic rings. The first-order chi connectivity index (χ1) is 18.0. The molecule has 12 N–H and O–H groups in total. The number of aliphatic carboxylic acids is 1. The molecule has 16 heteroatoms. The molecule has 210 valence electrons. The first kappa shape index (κ1) is 30.0. The molecular formula is C22H36N10O6. The van der Waals surface area contributed by atoms with E-state index in [1.54, 1.807) is 0 Å². The first-order valence-corrected chi connectivity index (χ1v) is 12.2. The number of carbonyl (C=O) groups is 5. The van der Waals surface area contributed by atoms with Gasteiger partial charge in [-0.2, -0.15) is 0 Å². The minimum atomic E-state index is -1.23. The number of hydrogen-bond acceptors (Lipinski definition) is 8. The SMILES string of the molecule is NC(=O)CCC(NC(=O)C(N)Cc1cnc[nH]1)C(=O)NC(CCCN=C(N)N)C(=O)N1CCCC1C(=O)O. The van der Waals surface area contributed by atoms with E-state index < -0.39 is 53.8 Å². The lowest BCUT2D eigenvalue weighted by atomic mass is 10.1. The number of hydrogen-bond donors (Lipinski definition) is 8. The van der Waals surface area contributed by atoms with Gasteiger partial charge in [0.25, 0.3) is 0 Å². The number of imidazole rings is 1. The van der Waals surface area contributed by atoms with Crippen LogP contribution in [0.3, 0.4) is 0 Å². The number of carbonyl (C=O) groups excluding carboxylic acids is 4. The maximum Gasteiger partial charge on any atom is 0.326 e. The van der Waals surface area contributed by atoms with Crippen LogP contribution in [-0.2, 0) is 30.4 Å². The van der Waals surface area contributed by atoms with Gasteiger partial charge in [-0.3, -0.25) is 24.2 Å². The third kappa shape index (κ3) is 9.34. The maximum absolute atomic E-state index is 13.3. The van der Waals surface area contributed by atoms with Crippen LogP contribution in [0.5, 0.6) is 0 Å².